The second kappa shape index (κ2) is 7.08. The summed E-state index contributed by atoms with van der Waals surface area (Å²) in [6.45, 7) is 1.50. The zero-order valence-corrected chi connectivity index (χ0v) is 14.5. The monoisotopic (exact) mass is 355 g/mol. The van der Waals surface area contributed by atoms with Crippen molar-refractivity contribution in [1.29, 1.82) is 0 Å². The summed E-state index contributed by atoms with van der Waals surface area (Å²) in [7, 11) is 0. The average Bonchev–Trinajstić information content (AvgIpc) is 2.54. The van der Waals surface area contributed by atoms with E-state index >= 15 is 0 Å². The first-order valence-corrected chi connectivity index (χ1v) is 8.22. The minimum Gasteiger partial charge on any atom is -0.325 e. The number of carbonyl (C=O) groups is 1. The van der Waals surface area contributed by atoms with E-state index in [2.05, 4.69) is 5.32 Å². The summed E-state index contributed by atoms with van der Waals surface area (Å²) in [6.07, 6.45) is 0. The number of carbonyl (C=O) groups excluding carboxylic acids is 1. The number of halogens is 2. The molecule has 3 rings (SSSR count). The fraction of sp³-hybridized carbons (Fsp3) is 0.0500. The highest BCUT2D eigenvalue weighted by molar-refractivity contribution is 6.31. The van der Waals surface area contributed by atoms with E-state index in [0.717, 1.165) is 27.9 Å². The summed E-state index contributed by atoms with van der Waals surface area (Å²) in [4.78, 5) is 11.8. The number of rotatable bonds is 3. The Morgan fingerprint density at radius 3 is 1.67 bits per heavy atom. The van der Waals surface area contributed by atoms with Gasteiger partial charge in [0.05, 0.1) is 5.69 Å². The van der Waals surface area contributed by atoms with Crippen molar-refractivity contribution in [3.8, 4) is 22.3 Å². The molecule has 0 aromatic heterocycles. The van der Waals surface area contributed by atoms with E-state index in [1.165, 1.54) is 6.92 Å². The lowest BCUT2D eigenvalue weighted by Crippen LogP contribution is -2.08. The number of hydrogen-bond acceptors (Lipinski definition) is 1. The maximum Gasteiger partial charge on any atom is 0.221 e. The number of hydrogen-bond donors (Lipinski definition) is 1. The maximum atomic E-state index is 11.8. The molecule has 0 radical (unpaired) electrons. The van der Waals surface area contributed by atoms with Crippen molar-refractivity contribution in [2.24, 2.45) is 0 Å². The zero-order chi connectivity index (χ0) is 17.1. The normalized spacial score (nSPS) is 10.5. The molecule has 2 nitrogen and oxygen atoms in total. The van der Waals surface area contributed by atoms with Crippen molar-refractivity contribution < 1.29 is 4.79 Å². The van der Waals surface area contributed by atoms with Gasteiger partial charge in [-0.1, -0.05) is 65.7 Å². The molecule has 0 saturated heterocycles. The van der Waals surface area contributed by atoms with Gasteiger partial charge in [-0.2, -0.15) is 0 Å². The Balaban J connectivity index is 2.23. The molecule has 0 aliphatic heterocycles. The third-order valence-corrected chi connectivity index (χ3v) is 4.11. The summed E-state index contributed by atoms with van der Waals surface area (Å²) in [5.41, 5.74) is 4.44. The van der Waals surface area contributed by atoms with Gasteiger partial charge in [0.25, 0.3) is 0 Å². The van der Waals surface area contributed by atoms with Crippen molar-refractivity contribution in [1.82, 2.24) is 0 Å². The molecular weight excluding hydrogens is 341 g/mol. The van der Waals surface area contributed by atoms with Crippen LogP contribution in [0.3, 0.4) is 0 Å². The minimum atomic E-state index is -0.132. The van der Waals surface area contributed by atoms with Gasteiger partial charge in [-0.15, -0.1) is 0 Å². The zero-order valence-electron chi connectivity index (χ0n) is 13.0. The summed E-state index contributed by atoms with van der Waals surface area (Å²) >= 11 is 12.3. The Morgan fingerprint density at radius 2 is 1.25 bits per heavy atom. The highest BCUT2D eigenvalue weighted by Gasteiger charge is 2.13. The topological polar surface area (TPSA) is 29.1 Å². The first kappa shape index (κ1) is 16.6. The Kier molecular flexibility index (Phi) is 4.89. The average molecular weight is 356 g/mol. The molecule has 0 unspecified atom stereocenters. The Labute approximate surface area is 151 Å². The SMILES string of the molecule is CC(=O)Nc1c(-c2cccc(Cl)c2)cccc1-c1cccc(Cl)c1. The molecule has 0 aliphatic carbocycles. The van der Waals surface area contributed by atoms with Gasteiger partial charge >= 0.3 is 0 Å². The van der Waals surface area contributed by atoms with E-state index in [1.807, 2.05) is 66.7 Å². The Bertz CT molecular complexity index is 842. The lowest BCUT2D eigenvalue weighted by molar-refractivity contribution is -0.114. The predicted molar refractivity (Wildman–Crippen MR) is 102 cm³/mol. The molecule has 24 heavy (non-hydrogen) atoms. The van der Waals surface area contributed by atoms with Crippen LogP contribution in [0.5, 0.6) is 0 Å². The highest BCUT2D eigenvalue weighted by atomic mass is 35.5. The standard InChI is InChI=1S/C20H15Cl2NO/c1-13(24)23-20-18(14-5-2-7-16(21)11-14)9-4-10-19(20)15-6-3-8-17(22)12-15/h2-12H,1H3,(H,23,24). The lowest BCUT2D eigenvalue weighted by atomic mass is 9.96. The summed E-state index contributed by atoms with van der Waals surface area (Å²) < 4.78 is 0. The van der Waals surface area contributed by atoms with E-state index in [4.69, 9.17) is 23.2 Å². The molecule has 0 bridgehead atoms. The molecule has 0 atom stereocenters. The number of amides is 1. The van der Waals surface area contributed by atoms with Gasteiger partial charge < -0.3 is 5.32 Å². The molecule has 1 N–H and O–H groups in total. The molecule has 0 fully saturated rings. The van der Waals surface area contributed by atoms with Gasteiger partial charge in [0.15, 0.2) is 0 Å². The molecule has 1 amide bonds. The van der Waals surface area contributed by atoms with E-state index in [0.29, 0.717) is 10.0 Å². The summed E-state index contributed by atoms with van der Waals surface area (Å²) in [6, 6.07) is 21.0. The largest absolute Gasteiger partial charge is 0.325 e. The van der Waals surface area contributed by atoms with E-state index in [-0.39, 0.29) is 5.91 Å². The predicted octanol–water partition coefficient (Wildman–Crippen LogP) is 6.29. The second-order valence-electron chi connectivity index (χ2n) is 5.43. The molecule has 0 heterocycles. The third kappa shape index (κ3) is 3.61. The van der Waals surface area contributed by atoms with Crippen molar-refractivity contribution in [3.05, 3.63) is 76.8 Å². The Morgan fingerprint density at radius 1 is 0.792 bits per heavy atom. The van der Waals surface area contributed by atoms with Gasteiger partial charge in [0.1, 0.15) is 0 Å². The third-order valence-electron chi connectivity index (χ3n) is 3.64. The Hall–Kier alpha value is -2.29. The van der Waals surface area contributed by atoms with Crippen LogP contribution in [0.1, 0.15) is 6.92 Å². The van der Waals surface area contributed by atoms with Gasteiger partial charge in [-0.25, -0.2) is 0 Å². The van der Waals surface area contributed by atoms with Crippen LogP contribution < -0.4 is 5.32 Å². The quantitative estimate of drug-likeness (QED) is 0.587. The van der Waals surface area contributed by atoms with Crippen LogP contribution in [0, 0.1) is 0 Å². The van der Waals surface area contributed by atoms with Gasteiger partial charge in [0, 0.05) is 28.1 Å². The number of benzene rings is 3. The molecule has 3 aromatic carbocycles. The van der Waals surface area contributed by atoms with Crippen LogP contribution in [0.15, 0.2) is 66.7 Å². The fourth-order valence-corrected chi connectivity index (χ4v) is 3.04. The van der Waals surface area contributed by atoms with Crippen LogP contribution in [0.25, 0.3) is 22.3 Å². The van der Waals surface area contributed by atoms with Crippen LogP contribution >= 0.6 is 23.2 Å². The van der Waals surface area contributed by atoms with Crippen molar-refractivity contribution in [2.45, 2.75) is 6.92 Å². The smallest absolute Gasteiger partial charge is 0.221 e. The van der Waals surface area contributed by atoms with Crippen molar-refractivity contribution in [2.75, 3.05) is 5.32 Å². The molecule has 0 spiro atoms. The highest BCUT2D eigenvalue weighted by Crippen LogP contribution is 2.38. The summed E-state index contributed by atoms with van der Waals surface area (Å²) in [5.74, 6) is -0.132. The van der Waals surface area contributed by atoms with Crippen LogP contribution in [-0.2, 0) is 4.79 Å². The van der Waals surface area contributed by atoms with Gasteiger partial charge in [-0.05, 0) is 35.4 Å². The van der Waals surface area contributed by atoms with Gasteiger partial charge in [0.2, 0.25) is 5.91 Å². The molecule has 0 aliphatic rings. The van der Waals surface area contributed by atoms with Gasteiger partial charge in [-0.3, -0.25) is 4.79 Å². The molecular formula is C20H15Cl2NO. The first-order valence-electron chi connectivity index (χ1n) is 7.47. The van der Waals surface area contributed by atoms with Crippen molar-refractivity contribution >= 4 is 34.8 Å². The lowest BCUT2D eigenvalue weighted by Gasteiger charge is -2.16. The number of anilines is 1. The number of nitrogens with one attached hydrogen (secondary N) is 1. The van der Waals surface area contributed by atoms with E-state index in [1.54, 1.807) is 0 Å². The molecule has 3 aromatic rings. The van der Waals surface area contributed by atoms with E-state index in [9.17, 15) is 4.79 Å². The molecule has 4 heteroatoms. The summed E-state index contributed by atoms with van der Waals surface area (Å²) in [5, 5.41) is 4.25. The fourth-order valence-electron chi connectivity index (χ4n) is 2.66. The van der Waals surface area contributed by atoms with Crippen molar-refractivity contribution in [3.63, 3.8) is 0 Å². The minimum absolute atomic E-state index is 0.132. The number of para-hydroxylation sites is 1. The molecule has 0 saturated carbocycles. The van der Waals surface area contributed by atoms with Crippen LogP contribution in [0.4, 0.5) is 5.69 Å². The first-order chi connectivity index (χ1) is 11.5. The van der Waals surface area contributed by atoms with Crippen LogP contribution in [0.2, 0.25) is 10.0 Å². The maximum absolute atomic E-state index is 11.8. The van der Waals surface area contributed by atoms with Crippen LogP contribution in [-0.4, -0.2) is 5.91 Å². The van der Waals surface area contributed by atoms with E-state index < -0.39 is 0 Å². The molecule has 120 valence electrons. The second-order valence-corrected chi connectivity index (χ2v) is 6.30.